The topological polar surface area (TPSA) is 69.6 Å². The number of nitrogens with zero attached hydrogens (tertiary/aromatic N) is 2. The lowest BCUT2D eigenvalue weighted by molar-refractivity contribution is -0.122. The van der Waals surface area contributed by atoms with Gasteiger partial charge in [0, 0.05) is 0 Å². The lowest BCUT2D eigenvalue weighted by Gasteiger charge is -2.10. The molecule has 0 bridgehead atoms. The van der Waals surface area contributed by atoms with E-state index in [1.54, 1.807) is 38.6 Å². The molecule has 0 atom stereocenters. The van der Waals surface area contributed by atoms with Crippen molar-refractivity contribution >= 4 is 46.5 Å². The molecule has 9 heteroatoms. The van der Waals surface area contributed by atoms with E-state index >= 15 is 0 Å². The molecule has 0 aromatic heterocycles. The molecule has 1 aliphatic heterocycles. The van der Waals surface area contributed by atoms with Crippen LogP contribution in [0.1, 0.15) is 25.0 Å². The second kappa shape index (κ2) is 11.0. The maximum Gasteiger partial charge on any atom is 0.286 e. The van der Waals surface area contributed by atoms with Gasteiger partial charge in [-0.05, 0) is 73.6 Å². The first-order valence-electron chi connectivity index (χ1n) is 9.94. The molecular weight excluding hydrogens is 448 g/mol. The fourth-order valence-electron chi connectivity index (χ4n) is 2.92. The Bertz CT molecular complexity index is 1070. The monoisotopic (exact) mass is 472 g/mol. The number of hydrogen-bond donors (Lipinski definition) is 0. The van der Waals surface area contributed by atoms with Crippen LogP contribution in [-0.4, -0.2) is 48.9 Å². The third-order valence-corrected chi connectivity index (χ3v) is 5.65. The summed E-state index contributed by atoms with van der Waals surface area (Å²) in [6.45, 7) is 4.88. The number of rotatable bonds is 9. The van der Waals surface area contributed by atoms with Crippen LogP contribution in [0.5, 0.6) is 23.0 Å². The molecule has 1 fully saturated rings. The average molecular weight is 473 g/mol. The van der Waals surface area contributed by atoms with Crippen LogP contribution >= 0.6 is 24.0 Å². The van der Waals surface area contributed by atoms with Crippen LogP contribution in [0.4, 0.5) is 0 Å². The molecular formula is C23H24N2O5S2. The molecule has 1 aliphatic rings. The van der Waals surface area contributed by atoms with Gasteiger partial charge in [0.15, 0.2) is 27.3 Å². The summed E-state index contributed by atoms with van der Waals surface area (Å²) in [6, 6.07) is 10.9. The van der Waals surface area contributed by atoms with Gasteiger partial charge in [-0.3, -0.25) is 4.79 Å². The Morgan fingerprint density at radius 1 is 0.938 bits per heavy atom. The molecule has 1 amide bonds. The summed E-state index contributed by atoms with van der Waals surface area (Å²) in [5, 5.41) is 5.49. The van der Waals surface area contributed by atoms with Crippen LogP contribution in [0.15, 0.2) is 46.4 Å². The molecule has 0 spiro atoms. The third-order valence-electron chi connectivity index (χ3n) is 4.37. The Morgan fingerprint density at radius 3 is 2.06 bits per heavy atom. The molecule has 1 saturated heterocycles. The lowest BCUT2D eigenvalue weighted by Crippen LogP contribution is -2.22. The summed E-state index contributed by atoms with van der Waals surface area (Å²) in [5.74, 6) is 2.19. The SMILES string of the molecule is CCOc1ccc(/C=C2\SC(=S)N(/N=C/c3ccc(OCC)c(OC)c3)C2=O)cc1OC. The van der Waals surface area contributed by atoms with Crippen molar-refractivity contribution in [3.05, 3.63) is 52.4 Å². The van der Waals surface area contributed by atoms with E-state index < -0.39 is 0 Å². The Morgan fingerprint density at radius 2 is 1.50 bits per heavy atom. The quantitative estimate of drug-likeness (QED) is 0.297. The molecule has 2 aromatic carbocycles. The van der Waals surface area contributed by atoms with E-state index in [-0.39, 0.29) is 5.91 Å². The highest BCUT2D eigenvalue weighted by molar-refractivity contribution is 8.26. The van der Waals surface area contributed by atoms with Crippen LogP contribution < -0.4 is 18.9 Å². The van der Waals surface area contributed by atoms with E-state index in [9.17, 15) is 4.79 Å². The molecule has 32 heavy (non-hydrogen) atoms. The Labute approximate surface area is 197 Å². The van der Waals surface area contributed by atoms with Gasteiger partial charge in [-0.2, -0.15) is 10.1 Å². The number of amides is 1. The summed E-state index contributed by atoms with van der Waals surface area (Å²) in [5.41, 5.74) is 1.55. The van der Waals surface area contributed by atoms with Crippen LogP contribution in [0.3, 0.4) is 0 Å². The molecule has 3 rings (SSSR count). The van der Waals surface area contributed by atoms with Crippen molar-refractivity contribution in [2.24, 2.45) is 5.10 Å². The van der Waals surface area contributed by atoms with Crippen molar-refractivity contribution in [3.63, 3.8) is 0 Å². The molecule has 0 aliphatic carbocycles. The van der Waals surface area contributed by atoms with E-state index in [4.69, 9.17) is 31.2 Å². The number of benzene rings is 2. The summed E-state index contributed by atoms with van der Waals surface area (Å²) in [4.78, 5) is 13.3. The lowest BCUT2D eigenvalue weighted by atomic mass is 10.2. The minimum atomic E-state index is -0.290. The molecule has 2 aromatic rings. The van der Waals surface area contributed by atoms with Crippen molar-refractivity contribution in [2.75, 3.05) is 27.4 Å². The molecule has 0 radical (unpaired) electrons. The minimum Gasteiger partial charge on any atom is -0.493 e. The summed E-state index contributed by atoms with van der Waals surface area (Å²) in [7, 11) is 3.15. The van der Waals surface area contributed by atoms with Crippen molar-refractivity contribution < 1.29 is 23.7 Å². The highest BCUT2D eigenvalue weighted by Gasteiger charge is 2.32. The van der Waals surface area contributed by atoms with Gasteiger partial charge in [-0.1, -0.05) is 17.8 Å². The Hall–Kier alpha value is -3.04. The number of hydrazone groups is 1. The standard InChI is InChI=1S/C23H24N2O5S2/c1-5-29-17-9-7-15(11-19(17)27-3)13-21-22(26)25(23(31)32-21)24-14-16-8-10-18(30-6-2)20(12-16)28-4/h7-14H,5-6H2,1-4H3/b21-13-,24-14+. The fourth-order valence-corrected chi connectivity index (χ4v) is 4.10. The number of methoxy groups -OCH3 is 2. The van der Waals surface area contributed by atoms with Gasteiger partial charge in [0.2, 0.25) is 0 Å². The van der Waals surface area contributed by atoms with Crippen molar-refractivity contribution in [1.82, 2.24) is 5.01 Å². The van der Waals surface area contributed by atoms with Gasteiger partial charge in [-0.15, -0.1) is 0 Å². The predicted octanol–water partition coefficient (Wildman–Crippen LogP) is 4.74. The summed E-state index contributed by atoms with van der Waals surface area (Å²) < 4.78 is 22.1. The average Bonchev–Trinajstić information content (AvgIpc) is 3.06. The number of hydrogen-bond acceptors (Lipinski definition) is 8. The van der Waals surface area contributed by atoms with Gasteiger partial charge in [-0.25, -0.2) is 0 Å². The zero-order valence-corrected chi connectivity index (χ0v) is 19.9. The predicted molar refractivity (Wildman–Crippen MR) is 131 cm³/mol. The first-order chi connectivity index (χ1) is 15.5. The smallest absolute Gasteiger partial charge is 0.286 e. The first-order valence-corrected chi connectivity index (χ1v) is 11.2. The van der Waals surface area contributed by atoms with Crippen molar-refractivity contribution in [2.45, 2.75) is 13.8 Å². The summed E-state index contributed by atoms with van der Waals surface area (Å²) >= 11 is 6.55. The number of ether oxygens (including phenoxy) is 4. The van der Waals surface area contributed by atoms with E-state index in [1.807, 2.05) is 38.1 Å². The van der Waals surface area contributed by atoms with E-state index in [0.717, 1.165) is 11.1 Å². The van der Waals surface area contributed by atoms with Crippen LogP contribution in [0.2, 0.25) is 0 Å². The van der Waals surface area contributed by atoms with E-state index in [1.165, 1.54) is 16.8 Å². The maximum absolute atomic E-state index is 12.9. The molecule has 1 heterocycles. The normalized spacial score (nSPS) is 15.0. The third kappa shape index (κ3) is 5.41. The van der Waals surface area contributed by atoms with Gasteiger partial charge in [0.1, 0.15) is 0 Å². The van der Waals surface area contributed by atoms with E-state index in [2.05, 4.69) is 5.10 Å². The molecule has 7 nitrogen and oxygen atoms in total. The second-order valence-electron chi connectivity index (χ2n) is 6.42. The first kappa shape index (κ1) is 23.6. The van der Waals surface area contributed by atoms with Crippen LogP contribution in [0, 0.1) is 0 Å². The highest BCUT2D eigenvalue weighted by Crippen LogP contribution is 2.35. The largest absolute Gasteiger partial charge is 0.493 e. The zero-order valence-electron chi connectivity index (χ0n) is 18.3. The van der Waals surface area contributed by atoms with Gasteiger partial charge < -0.3 is 18.9 Å². The second-order valence-corrected chi connectivity index (χ2v) is 8.10. The molecule has 0 saturated carbocycles. The Kier molecular flexibility index (Phi) is 8.13. The minimum absolute atomic E-state index is 0.290. The fraction of sp³-hybridized carbons (Fsp3) is 0.261. The van der Waals surface area contributed by atoms with Crippen LogP contribution in [-0.2, 0) is 4.79 Å². The number of carbonyl (C=O) groups is 1. The highest BCUT2D eigenvalue weighted by atomic mass is 32.2. The van der Waals surface area contributed by atoms with Crippen molar-refractivity contribution in [1.29, 1.82) is 0 Å². The van der Waals surface area contributed by atoms with Crippen molar-refractivity contribution in [3.8, 4) is 23.0 Å². The number of thioether (sulfide) groups is 1. The van der Waals surface area contributed by atoms with E-state index in [0.29, 0.717) is 45.4 Å². The number of carbonyl (C=O) groups excluding carboxylic acids is 1. The molecule has 0 unspecified atom stereocenters. The Balaban J connectivity index is 1.79. The maximum atomic E-state index is 12.9. The van der Waals surface area contributed by atoms with Crippen LogP contribution in [0.25, 0.3) is 6.08 Å². The molecule has 0 N–H and O–H groups in total. The molecule has 168 valence electrons. The number of thiocarbonyl (C=S) groups is 1. The summed E-state index contributed by atoms with van der Waals surface area (Å²) in [6.07, 6.45) is 3.32. The van der Waals surface area contributed by atoms with Gasteiger partial charge in [0.05, 0.1) is 38.6 Å². The van der Waals surface area contributed by atoms with Gasteiger partial charge >= 0.3 is 0 Å². The van der Waals surface area contributed by atoms with Gasteiger partial charge in [0.25, 0.3) is 5.91 Å². The zero-order chi connectivity index (χ0) is 23.1.